The first kappa shape index (κ1) is 16.7. The highest BCUT2D eigenvalue weighted by Crippen LogP contribution is 2.54. The first-order valence-electron chi connectivity index (χ1n) is 9.22. The first-order chi connectivity index (χ1) is 13.6. The Balaban J connectivity index is 1.69. The van der Waals surface area contributed by atoms with Crippen molar-refractivity contribution in [3.8, 4) is 0 Å². The lowest BCUT2D eigenvalue weighted by atomic mass is 9.74. The summed E-state index contributed by atoms with van der Waals surface area (Å²) in [5.41, 5.74) is 1.44. The molecule has 28 heavy (non-hydrogen) atoms. The van der Waals surface area contributed by atoms with Crippen LogP contribution >= 0.6 is 0 Å². The van der Waals surface area contributed by atoms with Crippen molar-refractivity contribution in [2.75, 3.05) is 11.9 Å². The number of benzene rings is 1. The van der Waals surface area contributed by atoms with Crippen molar-refractivity contribution < 1.29 is 9.59 Å². The molecule has 140 valence electrons. The molecule has 0 radical (unpaired) electrons. The van der Waals surface area contributed by atoms with Crippen LogP contribution in [0.15, 0.2) is 61.2 Å². The second-order valence-corrected chi connectivity index (χ2v) is 7.25. The second kappa shape index (κ2) is 6.02. The second-order valence-electron chi connectivity index (χ2n) is 7.25. The highest BCUT2D eigenvalue weighted by Gasteiger charge is 2.60. The van der Waals surface area contributed by atoms with Crippen molar-refractivity contribution >= 4 is 17.5 Å². The zero-order valence-electron chi connectivity index (χ0n) is 15.4. The maximum Gasteiger partial charge on any atom is 0.254 e. The van der Waals surface area contributed by atoms with Crippen LogP contribution in [0.4, 0.5) is 5.69 Å². The number of nitrogens with one attached hydrogen (secondary N) is 1. The van der Waals surface area contributed by atoms with Crippen molar-refractivity contribution in [3.63, 3.8) is 0 Å². The van der Waals surface area contributed by atoms with Gasteiger partial charge in [-0.1, -0.05) is 18.2 Å². The largest absolute Gasteiger partial charge is 0.336 e. The Hall–Kier alpha value is -3.48. The SMILES string of the molecule is Cn1ccnc1[C@@H]1N(C(=O)c2ccncc2)CC[C@]12C(=O)Nc1ccccc12. The van der Waals surface area contributed by atoms with Gasteiger partial charge in [-0.2, -0.15) is 0 Å². The number of amides is 2. The Kier molecular flexibility index (Phi) is 3.58. The minimum absolute atomic E-state index is 0.0771. The molecule has 1 fully saturated rings. The molecule has 7 heteroatoms. The Labute approximate surface area is 162 Å². The Morgan fingerprint density at radius 3 is 2.71 bits per heavy atom. The average Bonchev–Trinajstić information content (AvgIpc) is 3.39. The number of aromatic nitrogens is 3. The van der Waals surface area contributed by atoms with E-state index in [9.17, 15) is 9.59 Å². The average molecular weight is 373 g/mol. The highest BCUT2D eigenvalue weighted by atomic mass is 16.2. The molecule has 4 heterocycles. The van der Waals surface area contributed by atoms with Crippen LogP contribution in [-0.4, -0.2) is 37.8 Å². The predicted octanol–water partition coefficient (Wildman–Crippen LogP) is 2.29. The molecule has 2 aliphatic rings. The van der Waals surface area contributed by atoms with Crippen molar-refractivity contribution in [3.05, 3.63) is 78.1 Å². The number of anilines is 1. The minimum atomic E-state index is -0.849. The maximum absolute atomic E-state index is 13.4. The number of pyridine rings is 1. The number of likely N-dealkylation sites (tertiary alicyclic amines) is 1. The van der Waals surface area contributed by atoms with E-state index in [1.54, 1.807) is 35.6 Å². The third-order valence-electron chi connectivity index (χ3n) is 5.88. The Morgan fingerprint density at radius 2 is 1.96 bits per heavy atom. The van der Waals surface area contributed by atoms with E-state index in [1.807, 2.05) is 42.1 Å². The number of aryl methyl sites for hydroxylation is 1. The van der Waals surface area contributed by atoms with Gasteiger partial charge in [0.2, 0.25) is 5.91 Å². The normalized spacial score (nSPS) is 23.1. The summed E-state index contributed by atoms with van der Waals surface area (Å²) < 4.78 is 1.89. The molecule has 0 aliphatic carbocycles. The summed E-state index contributed by atoms with van der Waals surface area (Å²) in [4.78, 5) is 36.9. The zero-order valence-corrected chi connectivity index (χ0v) is 15.4. The van der Waals surface area contributed by atoms with Gasteiger partial charge >= 0.3 is 0 Å². The summed E-state index contributed by atoms with van der Waals surface area (Å²) in [5.74, 6) is 0.503. The molecule has 1 spiro atoms. The number of carbonyl (C=O) groups excluding carboxylic acids is 2. The fourth-order valence-corrected chi connectivity index (χ4v) is 4.57. The lowest BCUT2D eigenvalue weighted by Crippen LogP contribution is -2.43. The highest BCUT2D eigenvalue weighted by molar-refractivity contribution is 6.08. The van der Waals surface area contributed by atoms with Crippen LogP contribution in [0.5, 0.6) is 0 Å². The van der Waals surface area contributed by atoms with Gasteiger partial charge in [-0.3, -0.25) is 14.6 Å². The molecule has 0 unspecified atom stereocenters. The summed E-state index contributed by atoms with van der Waals surface area (Å²) >= 11 is 0. The van der Waals surface area contributed by atoms with E-state index in [-0.39, 0.29) is 11.8 Å². The van der Waals surface area contributed by atoms with Gasteiger partial charge < -0.3 is 14.8 Å². The lowest BCUT2D eigenvalue weighted by molar-refractivity contribution is -0.121. The topological polar surface area (TPSA) is 80.1 Å². The molecule has 0 saturated carbocycles. The third kappa shape index (κ3) is 2.16. The number of fused-ring (bicyclic) bond motifs is 2. The molecule has 2 amide bonds. The van der Waals surface area contributed by atoms with Crippen molar-refractivity contribution in [1.82, 2.24) is 19.4 Å². The number of imidazole rings is 1. The predicted molar refractivity (Wildman–Crippen MR) is 103 cm³/mol. The molecular weight excluding hydrogens is 354 g/mol. The van der Waals surface area contributed by atoms with E-state index in [0.29, 0.717) is 24.4 Å². The maximum atomic E-state index is 13.4. The van der Waals surface area contributed by atoms with Crippen LogP contribution in [0.3, 0.4) is 0 Å². The monoisotopic (exact) mass is 373 g/mol. The molecule has 7 nitrogen and oxygen atoms in total. The van der Waals surface area contributed by atoms with Gasteiger partial charge in [0, 0.05) is 49.6 Å². The van der Waals surface area contributed by atoms with Crippen LogP contribution in [0, 0.1) is 0 Å². The molecule has 0 bridgehead atoms. The van der Waals surface area contributed by atoms with E-state index < -0.39 is 11.5 Å². The zero-order chi connectivity index (χ0) is 19.3. The van der Waals surface area contributed by atoms with E-state index in [1.165, 1.54) is 0 Å². The van der Waals surface area contributed by atoms with E-state index in [2.05, 4.69) is 15.3 Å². The Bertz CT molecular complexity index is 1080. The van der Waals surface area contributed by atoms with E-state index >= 15 is 0 Å². The van der Waals surface area contributed by atoms with Crippen molar-refractivity contribution in [2.24, 2.45) is 7.05 Å². The number of rotatable bonds is 2. The number of carbonyl (C=O) groups is 2. The van der Waals surface area contributed by atoms with Crippen LogP contribution in [-0.2, 0) is 17.3 Å². The molecular formula is C21H19N5O2. The van der Waals surface area contributed by atoms with Gasteiger partial charge in [0.25, 0.3) is 5.91 Å². The lowest BCUT2D eigenvalue weighted by Gasteiger charge is -2.33. The van der Waals surface area contributed by atoms with Gasteiger partial charge in [-0.05, 0) is 30.2 Å². The van der Waals surface area contributed by atoms with E-state index in [4.69, 9.17) is 0 Å². The molecule has 2 aliphatic heterocycles. The fraction of sp³-hybridized carbons (Fsp3) is 0.238. The van der Waals surface area contributed by atoms with Crippen LogP contribution in [0.25, 0.3) is 0 Å². The molecule has 5 rings (SSSR count). The first-order valence-corrected chi connectivity index (χ1v) is 9.22. The van der Waals surface area contributed by atoms with Gasteiger partial charge in [0.1, 0.15) is 17.3 Å². The molecule has 1 N–H and O–H groups in total. The molecule has 1 aromatic carbocycles. The van der Waals surface area contributed by atoms with Crippen LogP contribution in [0.1, 0.15) is 34.2 Å². The Morgan fingerprint density at radius 1 is 1.18 bits per heavy atom. The minimum Gasteiger partial charge on any atom is -0.336 e. The fourth-order valence-electron chi connectivity index (χ4n) is 4.57. The van der Waals surface area contributed by atoms with Crippen LogP contribution in [0.2, 0.25) is 0 Å². The summed E-state index contributed by atoms with van der Waals surface area (Å²) in [6.45, 7) is 0.473. The standard InChI is InChI=1S/C21H19N5O2/c1-25-13-11-23-18(25)17-21(15-4-2-3-5-16(15)24-20(21)28)8-12-26(17)19(27)14-6-9-22-10-7-14/h2-7,9-11,13,17H,8,12H2,1H3,(H,24,28)/t17-,21+/m0/s1. The summed E-state index contributed by atoms with van der Waals surface area (Å²) in [5, 5.41) is 3.02. The number of nitrogens with zero attached hydrogens (tertiary/aromatic N) is 4. The quantitative estimate of drug-likeness (QED) is 0.747. The number of para-hydroxylation sites is 1. The third-order valence-corrected chi connectivity index (χ3v) is 5.88. The summed E-state index contributed by atoms with van der Waals surface area (Å²) in [6.07, 6.45) is 7.30. The van der Waals surface area contributed by atoms with E-state index in [0.717, 1.165) is 11.3 Å². The smallest absolute Gasteiger partial charge is 0.254 e. The van der Waals surface area contributed by atoms with Gasteiger partial charge in [0.15, 0.2) is 0 Å². The number of hydrogen-bond acceptors (Lipinski definition) is 4. The van der Waals surface area contributed by atoms with Crippen molar-refractivity contribution in [2.45, 2.75) is 17.9 Å². The summed E-state index contributed by atoms with van der Waals surface area (Å²) in [6, 6.07) is 10.6. The van der Waals surface area contributed by atoms with Gasteiger partial charge in [0.05, 0.1) is 0 Å². The van der Waals surface area contributed by atoms with Crippen molar-refractivity contribution in [1.29, 1.82) is 0 Å². The molecule has 2 aromatic heterocycles. The number of hydrogen-bond donors (Lipinski definition) is 1. The molecule has 1 saturated heterocycles. The molecule has 3 aromatic rings. The van der Waals surface area contributed by atoms with Gasteiger partial charge in [-0.25, -0.2) is 4.98 Å². The summed E-state index contributed by atoms with van der Waals surface area (Å²) in [7, 11) is 1.89. The van der Waals surface area contributed by atoms with Crippen LogP contribution < -0.4 is 5.32 Å². The van der Waals surface area contributed by atoms with Gasteiger partial charge in [-0.15, -0.1) is 0 Å². The molecule has 2 atom stereocenters.